The van der Waals surface area contributed by atoms with Gasteiger partial charge in [0.05, 0.1) is 52.2 Å². The number of nitrogens with zero attached hydrogens (tertiary/aromatic N) is 8. The second-order valence-corrected chi connectivity index (χ2v) is 21.6. The van der Waals surface area contributed by atoms with Gasteiger partial charge in [0.25, 0.3) is 11.8 Å². The average Bonchev–Trinajstić information content (AvgIpc) is 4.29. The van der Waals surface area contributed by atoms with Crippen molar-refractivity contribution < 1.29 is 28.8 Å². The number of carbonyl (C=O) groups is 6. The number of hydrogen-bond acceptors (Lipinski definition) is 10. The zero-order chi connectivity index (χ0) is 53.9. The first-order chi connectivity index (χ1) is 36.6. The van der Waals surface area contributed by atoms with Crippen molar-refractivity contribution in [2.75, 3.05) is 53.4 Å². The number of likely N-dealkylation sites (tertiary alicyclic amines) is 2. The van der Waals surface area contributed by atoms with E-state index in [-0.39, 0.29) is 65.3 Å². The second kappa shape index (κ2) is 23.0. The maximum absolute atomic E-state index is 14.6. The number of aliphatic imine (C=N–C) groups is 1. The van der Waals surface area contributed by atoms with Crippen LogP contribution in [0.5, 0.6) is 0 Å². The van der Waals surface area contributed by atoms with Crippen LogP contribution >= 0.6 is 0 Å². The molecule has 18 nitrogen and oxygen atoms in total. The van der Waals surface area contributed by atoms with Gasteiger partial charge in [-0.1, -0.05) is 64.1 Å². The molecule has 9 rings (SSSR count). The quantitative estimate of drug-likeness (QED) is 0.0970. The summed E-state index contributed by atoms with van der Waals surface area (Å²) in [7, 11) is 3.44. The lowest BCUT2D eigenvalue weighted by molar-refractivity contribution is -0.139. The highest BCUT2D eigenvalue weighted by molar-refractivity contribution is 6.09. The third-order valence-corrected chi connectivity index (χ3v) is 16.1. The van der Waals surface area contributed by atoms with Crippen molar-refractivity contribution in [1.29, 1.82) is 0 Å². The number of aromatic nitrogens is 3. The molecule has 6 amide bonds. The van der Waals surface area contributed by atoms with Gasteiger partial charge in [-0.25, -0.2) is 0 Å². The molecule has 1 unspecified atom stereocenters. The summed E-state index contributed by atoms with van der Waals surface area (Å²) in [5.74, 6) is -1.14. The van der Waals surface area contributed by atoms with Crippen molar-refractivity contribution in [1.82, 2.24) is 55.0 Å². The Labute approximate surface area is 445 Å². The van der Waals surface area contributed by atoms with Crippen molar-refractivity contribution in [3.63, 3.8) is 0 Å². The standard InChI is InChI=1S/C58H74N12O6/c1-35(2)51(63-53(71)37(5)59-7)57(75)67-21-13-19-47(67)39-27-41(31-61-29-39)69-33-45(43-15-9-11-17-49(43)69)55(73)65-23-25-66(26-24-65)56(74)46-34-70(50-18-12-10-16-44(46)50)42-28-40(30-62-32-42)48-20-14-22-68(48)58(76)52(36(3)4)64-54(72)38(6)60-8/h9-12,15-18,27,29-38,40,47-48,51-52,59-60H,13-14,19-26,28H2,1-8H3,(H,63,71)(H,64,72)/t37-,38-,40?,47-,48-,51-,52-/m0/s1. The van der Waals surface area contributed by atoms with Gasteiger partial charge >= 0.3 is 0 Å². The Kier molecular flexibility index (Phi) is 16.2. The highest BCUT2D eigenvalue weighted by atomic mass is 16.2. The van der Waals surface area contributed by atoms with Crippen LogP contribution in [-0.4, -0.2) is 159 Å². The van der Waals surface area contributed by atoms with E-state index in [0.29, 0.717) is 56.8 Å². The molecule has 76 heavy (non-hydrogen) atoms. The molecule has 0 aliphatic carbocycles. The van der Waals surface area contributed by atoms with Gasteiger partial charge < -0.3 is 50.0 Å². The Morgan fingerprint density at radius 1 is 0.618 bits per heavy atom. The van der Waals surface area contributed by atoms with Gasteiger partial charge in [-0.2, -0.15) is 0 Å². The predicted octanol–water partition coefficient (Wildman–Crippen LogP) is 5.62. The first-order valence-electron chi connectivity index (χ1n) is 27.1. The van der Waals surface area contributed by atoms with Gasteiger partial charge in [0.2, 0.25) is 23.6 Å². The molecule has 402 valence electrons. The van der Waals surface area contributed by atoms with E-state index in [1.54, 1.807) is 40.3 Å². The van der Waals surface area contributed by atoms with Crippen LogP contribution in [-0.2, 0) is 19.2 Å². The van der Waals surface area contributed by atoms with Crippen LogP contribution in [0.1, 0.15) is 106 Å². The molecule has 3 aromatic heterocycles. The van der Waals surface area contributed by atoms with Crippen LogP contribution in [0, 0.1) is 17.8 Å². The lowest BCUT2D eigenvalue weighted by Crippen LogP contribution is -2.56. The van der Waals surface area contributed by atoms with Crippen molar-refractivity contribution in [3.8, 4) is 5.69 Å². The van der Waals surface area contributed by atoms with Gasteiger partial charge in [-0.15, -0.1) is 0 Å². The Morgan fingerprint density at radius 2 is 1.13 bits per heavy atom. The molecule has 18 heteroatoms. The Balaban J connectivity index is 0.882. The molecule has 2 aromatic carbocycles. The van der Waals surface area contributed by atoms with Crippen LogP contribution in [0.25, 0.3) is 33.2 Å². The normalized spacial score (nSPS) is 20.6. The molecule has 4 aliphatic heterocycles. The number of hydrogen-bond donors (Lipinski definition) is 4. The minimum atomic E-state index is -0.673. The molecule has 0 saturated carbocycles. The second-order valence-electron chi connectivity index (χ2n) is 21.6. The summed E-state index contributed by atoms with van der Waals surface area (Å²) < 4.78 is 4.05. The summed E-state index contributed by atoms with van der Waals surface area (Å²) in [6.07, 6.45) is 15.0. The van der Waals surface area contributed by atoms with Gasteiger partial charge in [0, 0.05) is 98.7 Å². The number of carbonyl (C=O) groups excluding carboxylic acids is 6. The number of benzene rings is 2. The number of amides is 6. The molecule has 7 atom stereocenters. The van der Waals surface area contributed by atoms with Crippen molar-refractivity contribution in [2.45, 2.75) is 110 Å². The maximum atomic E-state index is 14.6. The summed E-state index contributed by atoms with van der Waals surface area (Å²) in [5, 5.41) is 13.5. The molecule has 0 bridgehead atoms. The van der Waals surface area contributed by atoms with E-state index in [1.165, 1.54) is 0 Å². The van der Waals surface area contributed by atoms with Crippen LogP contribution in [0.15, 0.2) is 90.6 Å². The number of rotatable bonds is 16. The van der Waals surface area contributed by atoms with Crippen molar-refractivity contribution in [3.05, 3.63) is 102 Å². The highest BCUT2D eigenvalue weighted by Gasteiger charge is 2.41. The molecule has 7 heterocycles. The van der Waals surface area contributed by atoms with Crippen LogP contribution in [0.2, 0.25) is 0 Å². The van der Waals surface area contributed by atoms with E-state index in [1.807, 2.05) is 131 Å². The minimum Gasteiger partial charge on any atom is -0.343 e. The van der Waals surface area contributed by atoms with Gasteiger partial charge in [0.1, 0.15) is 12.1 Å². The van der Waals surface area contributed by atoms with E-state index >= 15 is 0 Å². The summed E-state index contributed by atoms with van der Waals surface area (Å²) in [5.41, 5.74) is 5.41. The van der Waals surface area contributed by atoms with E-state index < -0.39 is 24.2 Å². The molecule has 0 spiro atoms. The monoisotopic (exact) mass is 1030 g/mol. The predicted molar refractivity (Wildman–Crippen MR) is 295 cm³/mol. The number of pyridine rings is 1. The SMILES string of the molecule is CN[C@@H](C)C(=O)N[C@H](C(=O)N1CCC[C@H]1c1cncc(-n2cc(C(=O)N3CCN(C(=O)c4cn(C5=CN=CC([C@@H]6CCCN6C(=O)[C@@H](NC(=O)[C@H](C)NC)C(C)C)C5)c5ccccc45)CC3)c3ccccc32)c1)C(C)C. The van der Waals surface area contributed by atoms with Crippen molar-refractivity contribution in [2.24, 2.45) is 22.7 Å². The summed E-state index contributed by atoms with van der Waals surface area (Å²) >= 11 is 0. The first-order valence-corrected chi connectivity index (χ1v) is 27.1. The molecule has 0 radical (unpaired) electrons. The molecule has 3 fully saturated rings. The average molecular weight is 1040 g/mol. The van der Waals surface area contributed by atoms with E-state index in [0.717, 1.165) is 64.4 Å². The molecule has 4 aliphatic rings. The molecular weight excluding hydrogens is 961 g/mol. The number of nitrogens with one attached hydrogen (secondary N) is 4. The number of allylic oxidation sites excluding steroid dienone is 1. The summed E-state index contributed by atoms with van der Waals surface area (Å²) in [4.78, 5) is 100. The minimum absolute atomic E-state index is 0.0640. The molecule has 3 saturated heterocycles. The zero-order valence-corrected chi connectivity index (χ0v) is 45.2. The van der Waals surface area contributed by atoms with Gasteiger partial charge in [-0.3, -0.25) is 38.7 Å². The number of piperazine rings is 1. The third kappa shape index (κ3) is 10.7. The smallest absolute Gasteiger partial charge is 0.256 e. The van der Waals surface area contributed by atoms with Gasteiger partial charge in [-0.05, 0) is 95.6 Å². The summed E-state index contributed by atoms with van der Waals surface area (Å²) in [6, 6.07) is 15.2. The van der Waals surface area contributed by atoms with Crippen LogP contribution in [0.3, 0.4) is 0 Å². The van der Waals surface area contributed by atoms with E-state index in [2.05, 4.69) is 30.8 Å². The highest BCUT2D eigenvalue weighted by Crippen LogP contribution is 2.37. The van der Waals surface area contributed by atoms with Gasteiger partial charge in [0.15, 0.2) is 0 Å². The molecule has 5 aromatic rings. The molecule has 4 N–H and O–H groups in total. The topological polar surface area (TPSA) is 199 Å². The fourth-order valence-corrected chi connectivity index (χ4v) is 11.4. The third-order valence-electron chi connectivity index (χ3n) is 16.1. The lowest BCUT2D eigenvalue weighted by Gasteiger charge is -2.35. The molecular formula is C58H74N12O6. The van der Waals surface area contributed by atoms with E-state index in [4.69, 9.17) is 4.99 Å². The van der Waals surface area contributed by atoms with Crippen molar-refractivity contribution >= 4 is 69.2 Å². The summed E-state index contributed by atoms with van der Waals surface area (Å²) in [6.45, 7) is 13.9. The lowest BCUT2D eigenvalue weighted by atomic mass is 9.91. The number of likely N-dealkylation sites (N-methyl/N-ethyl adjacent to an activating group) is 2. The maximum Gasteiger partial charge on any atom is 0.256 e. The fourth-order valence-electron chi connectivity index (χ4n) is 11.4. The fraction of sp³-hybridized carbons (Fsp3) is 0.483. The van der Waals surface area contributed by atoms with E-state index in [9.17, 15) is 28.8 Å². The Bertz CT molecular complexity index is 3060. The largest absolute Gasteiger partial charge is 0.343 e. The number of para-hydroxylation sites is 2. The first kappa shape index (κ1) is 53.6. The van der Waals surface area contributed by atoms with Crippen LogP contribution in [0.4, 0.5) is 0 Å². The number of fused-ring (bicyclic) bond motifs is 2. The Hall–Kier alpha value is -7.18. The zero-order valence-electron chi connectivity index (χ0n) is 45.2. The van der Waals surface area contributed by atoms with Crippen LogP contribution < -0.4 is 21.3 Å². The Morgan fingerprint density at radius 3 is 1.70 bits per heavy atom.